The lowest BCUT2D eigenvalue weighted by molar-refractivity contribution is 0.916. The van der Waals surface area contributed by atoms with Gasteiger partial charge in [0.15, 0.2) is 0 Å². The first-order valence-electron chi connectivity index (χ1n) is 5.79. The fraction of sp³-hybridized carbons (Fsp3) is 0.133. The van der Waals surface area contributed by atoms with Gasteiger partial charge in [0, 0.05) is 13.6 Å². The molecule has 0 saturated heterocycles. The molecule has 0 amide bonds. The molecular weight excluding hydrogens is 236 g/mol. The minimum Gasteiger partial charge on any atom is -0.369 e. The highest BCUT2D eigenvalue weighted by Gasteiger charge is 2.03. The topological polar surface area (TPSA) is 63.7 Å². The summed E-state index contributed by atoms with van der Waals surface area (Å²) in [5.41, 5.74) is 3.06. The zero-order valence-electron chi connectivity index (χ0n) is 10.5. The normalized spacial score (nSPS) is 9.42. The van der Waals surface area contributed by atoms with Crippen molar-refractivity contribution in [3.8, 4) is 12.1 Å². The molecule has 0 spiro atoms. The van der Waals surface area contributed by atoms with Crippen molar-refractivity contribution in [1.29, 1.82) is 10.5 Å². The molecule has 0 unspecified atom stereocenters. The molecule has 4 nitrogen and oxygen atoms in total. The number of nitriles is 2. The summed E-state index contributed by atoms with van der Waals surface area (Å²) in [6.45, 7) is 0.684. The van der Waals surface area contributed by atoms with Gasteiger partial charge in [0.25, 0.3) is 0 Å². The van der Waals surface area contributed by atoms with E-state index in [1.807, 2.05) is 42.3 Å². The number of pyridine rings is 1. The highest BCUT2D eigenvalue weighted by atomic mass is 15.1. The van der Waals surface area contributed by atoms with Gasteiger partial charge in [0.05, 0.1) is 23.5 Å². The summed E-state index contributed by atoms with van der Waals surface area (Å²) in [4.78, 5) is 6.06. The molecule has 92 valence electrons. The third-order valence-corrected chi connectivity index (χ3v) is 2.78. The van der Waals surface area contributed by atoms with Gasteiger partial charge in [0.2, 0.25) is 0 Å². The lowest BCUT2D eigenvalue weighted by Gasteiger charge is -2.19. The molecule has 0 aliphatic rings. The van der Waals surface area contributed by atoms with E-state index in [2.05, 4.69) is 11.1 Å². The average Bonchev–Trinajstić information content (AvgIpc) is 2.47. The van der Waals surface area contributed by atoms with Crippen molar-refractivity contribution in [2.45, 2.75) is 6.54 Å². The van der Waals surface area contributed by atoms with E-state index in [4.69, 9.17) is 10.5 Å². The number of anilines is 1. The van der Waals surface area contributed by atoms with Crippen LogP contribution < -0.4 is 4.90 Å². The third kappa shape index (κ3) is 3.08. The molecule has 1 aromatic heterocycles. The van der Waals surface area contributed by atoms with Crippen molar-refractivity contribution < 1.29 is 0 Å². The Kier molecular flexibility index (Phi) is 3.75. The summed E-state index contributed by atoms with van der Waals surface area (Å²) in [7, 11) is 1.95. The number of rotatable bonds is 3. The van der Waals surface area contributed by atoms with Crippen molar-refractivity contribution in [3.05, 3.63) is 59.4 Å². The summed E-state index contributed by atoms with van der Waals surface area (Å²) in [5, 5.41) is 17.6. The smallest absolute Gasteiger partial charge is 0.140 e. The van der Waals surface area contributed by atoms with Crippen LogP contribution in [0.4, 0.5) is 5.69 Å². The quantitative estimate of drug-likeness (QED) is 0.837. The van der Waals surface area contributed by atoms with E-state index < -0.39 is 0 Å². The molecule has 0 N–H and O–H groups in total. The summed E-state index contributed by atoms with van der Waals surface area (Å²) in [6, 6.07) is 15.2. The molecule has 0 bridgehead atoms. The van der Waals surface area contributed by atoms with Crippen molar-refractivity contribution >= 4 is 5.69 Å². The van der Waals surface area contributed by atoms with Gasteiger partial charge in [-0.1, -0.05) is 12.1 Å². The van der Waals surface area contributed by atoms with E-state index in [0.29, 0.717) is 17.8 Å². The maximum atomic E-state index is 8.87. The van der Waals surface area contributed by atoms with E-state index in [-0.39, 0.29) is 0 Å². The van der Waals surface area contributed by atoms with Crippen LogP contribution in [0, 0.1) is 22.7 Å². The van der Waals surface area contributed by atoms with Gasteiger partial charge in [0.1, 0.15) is 11.8 Å². The molecule has 1 aromatic carbocycles. The molecular formula is C15H12N4. The summed E-state index contributed by atoms with van der Waals surface area (Å²) in [6.07, 6.45) is 1.67. The molecule has 0 atom stereocenters. The zero-order chi connectivity index (χ0) is 13.7. The van der Waals surface area contributed by atoms with Gasteiger partial charge in [-0.3, -0.25) is 0 Å². The molecule has 19 heavy (non-hydrogen) atoms. The third-order valence-electron chi connectivity index (χ3n) is 2.78. The highest BCUT2D eigenvalue weighted by Crippen LogP contribution is 2.15. The van der Waals surface area contributed by atoms with Gasteiger partial charge in [-0.15, -0.1) is 0 Å². The van der Waals surface area contributed by atoms with Crippen LogP contribution in [-0.4, -0.2) is 12.0 Å². The highest BCUT2D eigenvalue weighted by molar-refractivity contribution is 5.46. The predicted molar refractivity (Wildman–Crippen MR) is 72.2 cm³/mol. The van der Waals surface area contributed by atoms with Gasteiger partial charge in [-0.05, 0) is 29.8 Å². The first-order valence-corrected chi connectivity index (χ1v) is 5.79. The predicted octanol–water partition coefficient (Wildman–Crippen LogP) is 2.46. The van der Waals surface area contributed by atoms with E-state index in [0.717, 1.165) is 11.3 Å². The second-order valence-corrected chi connectivity index (χ2v) is 4.18. The lowest BCUT2D eigenvalue weighted by Crippen LogP contribution is -2.16. The molecule has 4 heteroatoms. The summed E-state index contributed by atoms with van der Waals surface area (Å²) in [5.74, 6) is 0. The van der Waals surface area contributed by atoms with E-state index in [1.165, 1.54) is 0 Å². The number of aromatic nitrogens is 1. The monoisotopic (exact) mass is 248 g/mol. The van der Waals surface area contributed by atoms with Crippen molar-refractivity contribution in [1.82, 2.24) is 4.98 Å². The molecule has 0 radical (unpaired) electrons. The number of hydrogen-bond acceptors (Lipinski definition) is 4. The van der Waals surface area contributed by atoms with Crippen LogP contribution in [0.1, 0.15) is 16.8 Å². The minimum absolute atomic E-state index is 0.406. The standard InChI is InChI=1S/C15H12N4/c1-19(15-6-5-14(9-17)18-10-15)11-13-4-2-3-12(7-13)8-16/h2-7,10H,11H2,1H3. The molecule has 0 saturated carbocycles. The fourth-order valence-corrected chi connectivity index (χ4v) is 1.78. The van der Waals surface area contributed by atoms with Gasteiger partial charge in [-0.2, -0.15) is 10.5 Å². The largest absolute Gasteiger partial charge is 0.369 e. The number of nitrogens with zero attached hydrogens (tertiary/aromatic N) is 4. The van der Waals surface area contributed by atoms with Gasteiger partial charge >= 0.3 is 0 Å². The Labute approximate surface area is 112 Å². The summed E-state index contributed by atoms with van der Waals surface area (Å²) >= 11 is 0. The van der Waals surface area contributed by atoms with E-state index in [1.54, 1.807) is 18.3 Å². The van der Waals surface area contributed by atoms with Crippen molar-refractivity contribution in [3.63, 3.8) is 0 Å². The molecule has 2 rings (SSSR count). The Morgan fingerprint density at radius 3 is 2.63 bits per heavy atom. The second-order valence-electron chi connectivity index (χ2n) is 4.18. The lowest BCUT2D eigenvalue weighted by atomic mass is 10.1. The Bertz CT molecular complexity index is 647. The second kappa shape index (κ2) is 5.66. The molecule has 1 heterocycles. The maximum absolute atomic E-state index is 8.87. The average molecular weight is 248 g/mol. The Balaban J connectivity index is 2.14. The van der Waals surface area contributed by atoms with Crippen LogP contribution >= 0.6 is 0 Å². The first kappa shape index (κ1) is 12.6. The van der Waals surface area contributed by atoms with E-state index in [9.17, 15) is 0 Å². The minimum atomic E-state index is 0.406. The zero-order valence-corrected chi connectivity index (χ0v) is 10.5. The van der Waals surface area contributed by atoms with Crippen molar-refractivity contribution in [2.75, 3.05) is 11.9 Å². The molecule has 0 aliphatic heterocycles. The Morgan fingerprint density at radius 2 is 2.00 bits per heavy atom. The van der Waals surface area contributed by atoms with Crippen LogP contribution in [0.15, 0.2) is 42.6 Å². The van der Waals surface area contributed by atoms with Crippen LogP contribution in [-0.2, 0) is 6.54 Å². The van der Waals surface area contributed by atoms with Crippen LogP contribution in [0.25, 0.3) is 0 Å². The van der Waals surface area contributed by atoms with Gasteiger partial charge < -0.3 is 4.90 Å². The SMILES string of the molecule is CN(Cc1cccc(C#N)c1)c1ccc(C#N)nc1. The van der Waals surface area contributed by atoms with Crippen LogP contribution in [0.2, 0.25) is 0 Å². The number of benzene rings is 1. The van der Waals surface area contributed by atoms with Crippen molar-refractivity contribution in [2.24, 2.45) is 0 Å². The molecule has 0 aliphatic carbocycles. The van der Waals surface area contributed by atoms with E-state index >= 15 is 0 Å². The van der Waals surface area contributed by atoms with Gasteiger partial charge in [-0.25, -0.2) is 4.98 Å². The Morgan fingerprint density at radius 1 is 1.16 bits per heavy atom. The molecule has 0 fully saturated rings. The number of hydrogen-bond donors (Lipinski definition) is 0. The first-order chi connectivity index (χ1) is 9.22. The summed E-state index contributed by atoms with van der Waals surface area (Å²) < 4.78 is 0. The van der Waals surface area contributed by atoms with Crippen LogP contribution in [0.3, 0.4) is 0 Å². The fourth-order valence-electron chi connectivity index (χ4n) is 1.78. The van der Waals surface area contributed by atoms with Crippen LogP contribution in [0.5, 0.6) is 0 Å². The maximum Gasteiger partial charge on any atom is 0.140 e. The Hall–Kier alpha value is -2.85. The molecule has 2 aromatic rings.